The van der Waals surface area contributed by atoms with Crippen LogP contribution in [0.4, 0.5) is 0 Å². The molecule has 28 heavy (non-hydrogen) atoms. The Labute approximate surface area is 167 Å². The first-order valence-electron chi connectivity index (χ1n) is 8.53. The molecule has 0 N–H and O–H groups in total. The highest BCUT2D eigenvalue weighted by Gasteiger charge is 2.15. The van der Waals surface area contributed by atoms with Gasteiger partial charge in [-0.15, -0.1) is 5.10 Å². The fourth-order valence-electron chi connectivity index (χ4n) is 2.52. The molecule has 1 amide bonds. The number of nitrogens with zero attached hydrogens (tertiary/aromatic N) is 5. The first-order chi connectivity index (χ1) is 13.6. The van der Waals surface area contributed by atoms with E-state index in [1.54, 1.807) is 30.8 Å². The van der Waals surface area contributed by atoms with Gasteiger partial charge in [-0.05, 0) is 52.4 Å². The minimum Gasteiger partial charge on any atom is -0.497 e. The van der Waals surface area contributed by atoms with Crippen LogP contribution in [0.2, 0.25) is 0 Å². The van der Waals surface area contributed by atoms with Crippen molar-refractivity contribution in [2.24, 2.45) is 0 Å². The number of amides is 1. The van der Waals surface area contributed by atoms with E-state index in [-0.39, 0.29) is 11.7 Å². The number of thioether (sulfide) groups is 1. The molecule has 146 valence electrons. The second-order valence-electron chi connectivity index (χ2n) is 5.96. The maximum absolute atomic E-state index is 12.5. The predicted octanol–water partition coefficient (Wildman–Crippen LogP) is 2.43. The Balaban J connectivity index is 1.60. The third kappa shape index (κ3) is 4.80. The Morgan fingerprint density at radius 2 is 1.86 bits per heavy atom. The number of methoxy groups -OCH3 is 2. The van der Waals surface area contributed by atoms with E-state index in [9.17, 15) is 4.79 Å². The lowest BCUT2D eigenvalue weighted by Crippen LogP contribution is -2.27. The second kappa shape index (κ2) is 9.23. The van der Waals surface area contributed by atoms with Crippen molar-refractivity contribution in [1.82, 2.24) is 25.1 Å². The number of carbonyl (C=O) groups excluding carboxylic acids is 1. The van der Waals surface area contributed by atoms with Crippen molar-refractivity contribution in [2.45, 2.75) is 11.7 Å². The fraction of sp³-hybridized carbons (Fsp3) is 0.263. The molecule has 1 heterocycles. The van der Waals surface area contributed by atoms with E-state index >= 15 is 0 Å². The monoisotopic (exact) mass is 399 g/mol. The van der Waals surface area contributed by atoms with Gasteiger partial charge < -0.3 is 14.4 Å². The van der Waals surface area contributed by atoms with Crippen molar-refractivity contribution in [2.75, 3.05) is 27.0 Å². The topological polar surface area (TPSA) is 82.4 Å². The summed E-state index contributed by atoms with van der Waals surface area (Å²) >= 11 is 1.29. The van der Waals surface area contributed by atoms with Crippen molar-refractivity contribution in [3.05, 3.63) is 54.1 Å². The zero-order valence-electron chi connectivity index (χ0n) is 15.9. The van der Waals surface area contributed by atoms with Gasteiger partial charge in [0, 0.05) is 13.6 Å². The number of rotatable bonds is 8. The van der Waals surface area contributed by atoms with Gasteiger partial charge in [-0.25, -0.2) is 0 Å². The molecule has 0 atom stereocenters. The van der Waals surface area contributed by atoms with Gasteiger partial charge in [-0.3, -0.25) is 4.79 Å². The molecule has 3 rings (SSSR count). The highest BCUT2D eigenvalue weighted by Crippen LogP contribution is 2.21. The molecular formula is C19H21N5O3S. The molecule has 0 unspecified atom stereocenters. The van der Waals surface area contributed by atoms with Gasteiger partial charge >= 0.3 is 0 Å². The largest absolute Gasteiger partial charge is 0.497 e. The SMILES string of the molecule is COc1ccc(-n2nnnc2SCC(=O)N(C)Cc2cccc(OC)c2)cc1. The van der Waals surface area contributed by atoms with E-state index in [1.807, 2.05) is 48.5 Å². The van der Waals surface area contributed by atoms with Crippen LogP contribution in [0, 0.1) is 0 Å². The Morgan fingerprint density at radius 1 is 1.11 bits per heavy atom. The van der Waals surface area contributed by atoms with Crippen molar-refractivity contribution in [3.8, 4) is 17.2 Å². The lowest BCUT2D eigenvalue weighted by Gasteiger charge is -2.17. The average molecular weight is 399 g/mol. The molecule has 0 bridgehead atoms. The van der Waals surface area contributed by atoms with Gasteiger partial charge in [0.1, 0.15) is 11.5 Å². The average Bonchev–Trinajstić information content (AvgIpc) is 3.20. The third-order valence-electron chi connectivity index (χ3n) is 4.06. The van der Waals surface area contributed by atoms with E-state index < -0.39 is 0 Å². The highest BCUT2D eigenvalue weighted by molar-refractivity contribution is 7.99. The number of aromatic nitrogens is 4. The summed E-state index contributed by atoms with van der Waals surface area (Å²) in [6, 6.07) is 15.0. The van der Waals surface area contributed by atoms with Crippen LogP contribution in [0.1, 0.15) is 5.56 Å². The Morgan fingerprint density at radius 3 is 2.57 bits per heavy atom. The minimum atomic E-state index is -0.0166. The first-order valence-corrected chi connectivity index (χ1v) is 9.51. The number of ether oxygens (including phenoxy) is 2. The smallest absolute Gasteiger partial charge is 0.233 e. The number of carbonyl (C=O) groups is 1. The summed E-state index contributed by atoms with van der Waals surface area (Å²) in [6.07, 6.45) is 0. The van der Waals surface area contributed by atoms with E-state index in [0.29, 0.717) is 11.7 Å². The molecular weight excluding hydrogens is 378 g/mol. The normalized spacial score (nSPS) is 10.5. The van der Waals surface area contributed by atoms with Crippen LogP contribution in [0.25, 0.3) is 5.69 Å². The van der Waals surface area contributed by atoms with E-state index in [0.717, 1.165) is 22.7 Å². The Kier molecular flexibility index (Phi) is 6.49. The van der Waals surface area contributed by atoms with Crippen LogP contribution in [0.3, 0.4) is 0 Å². The van der Waals surface area contributed by atoms with Crippen molar-refractivity contribution >= 4 is 17.7 Å². The van der Waals surface area contributed by atoms with Gasteiger partial charge in [0.25, 0.3) is 0 Å². The maximum atomic E-state index is 12.5. The zero-order valence-corrected chi connectivity index (χ0v) is 16.7. The molecule has 0 saturated heterocycles. The van der Waals surface area contributed by atoms with Crippen molar-refractivity contribution in [1.29, 1.82) is 0 Å². The Bertz CT molecular complexity index is 929. The minimum absolute atomic E-state index is 0.0166. The van der Waals surface area contributed by atoms with Crippen LogP contribution in [0.5, 0.6) is 11.5 Å². The summed E-state index contributed by atoms with van der Waals surface area (Å²) in [5.74, 6) is 1.74. The molecule has 1 aromatic heterocycles. The van der Waals surface area contributed by atoms with Crippen LogP contribution in [0.15, 0.2) is 53.7 Å². The molecule has 0 fully saturated rings. The summed E-state index contributed by atoms with van der Waals surface area (Å²) in [7, 11) is 5.01. The molecule has 0 aliphatic rings. The molecule has 8 nitrogen and oxygen atoms in total. The van der Waals surface area contributed by atoms with Gasteiger partial charge in [0.2, 0.25) is 11.1 Å². The number of hydrogen-bond donors (Lipinski definition) is 0. The van der Waals surface area contributed by atoms with Crippen LogP contribution in [-0.2, 0) is 11.3 Å². The summed E-state index contributed by atoms with van der Waals surface area (Å²) in [4.78, 5) is 14.2. The van der Waals surface area contributed by atoms with Crippen LogP contribution < -0.4 is 9.47 Å². The lowest BCUT2D eigenvalue weighted by atomic mass is 10.2. The van der Waals surface area contributed by atoms with Crippen molar-refractivity contribution < 1.29 is 14.3 Å². The van der Waals surface area contributed by atoms with Gasteiger partial charge in [0.05, 0.1) is 25.7 Å². The maximum Gasteiger partial charge on any atom is 0.233 e. The molecule has 2 aromatic carbocycles. The first kappa shape index (κ1) is 19.7. The van der Waals surface area contributed by atoms with Crippen LogP contribution in [-0.4, -0.2) is 58.0 Å². The van der Waals surface area contributed by atoms with E-state index in [2.05, 4.69) is 15.5 Å². The van der Waals surface area contributed by atoms with Gasteiger partial charge in [0.15, 0.2) is 0 Å². The molecule has 0 saturated carbocycles. The van der Waals surface area contributed by atoms with Crippen molar-refractivity contribution in [3.63, 3.8) is 0 Å². The predicted molar refractivity (Wildman–Crippen MR) is 106 cm³/mol. The number of tetrazole rings is 1. The lowest BCUT2D eigenvalue weighted by molar-refractivity contribution is -0.127. The fourth-order valence-corrected chi connectivity index (χ4v) is 3.36. The third-order valence-corrected chi connectivity index (χ3v) is 4.97. The highest BCUT2D eigenvalue weighted by atomic mass is 32.2. The summed E-state index contributed by atoms with van der Waals surface area (Å²) < 4.78 is 12.0. The summed E-state index contributed by atoms with van der Waals surface area (Å²) in [6.45, 7) is 0.500. The molecule has 0 aliphatic heterocycles. The zero-order chi connectivity index (χ0) is 19.9. The Hall–Kier alpha value is -3.07. The number of hydrogen-bond acceptors (Lipinski definition) is 7. The van der Waals surface area contributed by atoms with E-state index in [4.69, 9.17) is 9.47 Å². The van der Waals surface area contributed by atoms with Crippen LogP contribution >= 0.6 is 11.8 Å². The molecule has 0 radical (unpaired) electrons. The standard InChI is InChI=1S/C19H21N5O3S/c1-23(12-14-5-4-6-17(11-14)27-3)18(25)13-28-19-20-21-22-24(19)15-7-9-16(26-2)10-8-15/h4-11H,12-13H2,1-3H3. The summed E-state index contributed by atoms with van der Waals surface area (Å²) in [5, 5.41) is 12.3. The molecule has 3 aromatic rings. The second-order valence-corrected chi connectivity index (χ2v) is 6.90. The van der Waals surface area contributed by atoms with Gasteiger partial charge in [-0.1, -0.05) is 23.9 Å². The number of benzene rings is 2. The molecule has 9 heteroatoms. The van der Waals surface area contributed by atoms with Gasteiger partial charge in [-0.2, -0.15) is 4.68 Å². The molecule has 0 aliphatic carbocycles. The summed E-state index contributed by atoms with van der Waals surface area (Å²) in [5.41, 5.74) is 1.80. The molecule has 0 spiro atoms. The quantitative estimate of drug-likeness (QED) is 0.538. The van der Waals surface area contributed by atoms with E-state index in [1.165, 1.54) is 11.8 Å².